The van der Waals surface area contributed by atoms with E-state index in [2.05, 4.69) is 21.2 Å². The summed E-state index contributed by atoms with van der Waals surface area (Å²) in [5, 5.41) is 3.21. The summed E-state index contributed by atoms with van der Waals surface area (Å²) in [7, 11) is 0. The SMILES string of the molecule is O=C(COc1ccc(/C=C2\SC(=O)N(Cc3ccc(Br)cc3)C2=O)cc1Cl)Nc1ccc(Cl)cc1. The smallest absolute Gasteiger partial charge is 0.293 e. The Kier molecular flexibility index (Phi) is 8.18. The highest BCUT2D eigenvalue weighted by atomic mass is 79.9. The van der Waals surface area contributed by atoms with Crippen molar-refractivity contribution in [3.05, 3.63) is 97.3 Å². The number of halogens is 3. The fraction of sp³-hybridized carbons (Fsp3) is 0.0800. The Bertz CT molecular complexity index is 1310. The molecule has 1 aliphatic heterocycles. The Balaban J connectivity index is 1.37. The number of nitrogens with zero attached hydrogens (tertiary/aromatic N) is 1. The van der Waals surface area contributed by atoms with Crippen LogP contribution in [0.15, 0.2) is 76.1 Å². The van der Waals surface area contributed by atoms with Gasteiger partial charge in [-0.05, 0) is 77.5 Å². The minimum atomic E-state index is -0.363. The van der Waals surface area contributed by atoms with Crippen LogP contribution in [0.4, 0.5) is 10.5 Å². The molecule has 0 aliphatic carbocycles. The van der Waals surface area contributed by atoms with Gasteiger partial charge in [0.2, 0.25) is 0 Å². The first-order valence-corrected chi connectivity index (χ1v) is 12.6. The quantitative estimate of drug-likeness (QED) is 0.299. The maximum Gasteiger partial charge on any atom is 0.293 e. The number of anilines is 1. The van der Waals surface area contributed by atoms with Gasteiger partial charge in [0.05, 0.1) is 16.5 Å². The number of thioether (sulfide) groups is 1. The van der Waals surface area contributed by atoms with E-state index < -0.39 is 0 Å². The Labute approximate surface area is 224 Å². The molecule has 0 atom stereocenters. The summed E-state index contributed by atoms with van der Waals surface area (Å²) < 4.78 is 6.44. The topological polar surface area (TPSA) is 75.7 Å². The van der Waals surface area contributed by atoms with Crippen molar-refractivity contribution in [1.82, 2.24) is 4.90 Å². The summed E-state index contributed by atoms with van der Waals surface area (Å²) in [6.45, 7) is -0.0441. The van der Waals surface area contributed by atoms with Crippen molar-refractivity contribution in [3.8, 4) is 5.75 Å². The molecular formula is C25H17BrCl2N2O4S. The van der Waals surface area contributed by atoms with Crippen LogP contribution >= 0.6 is 50.9 Å². The van der Waals surface area contributed by atoms with E-state index in [1.54, 1.807) is 48.5 Å². The second kappa shape index (κ2) is 11.3. The summed E-state index contributed by atoms with van der Waals surface area (Å²) in [5.41, 5.74) is 2.07. The van der Waals surface area contributed by atoms with Crippen LogP contribution in [-0.2, 0) is 16.1 Å². The van der Waals surface area contributed by atoms with E-state index in [1.165, 1.54) is 4.90 Å². The van der Waals surface area contributed by atoms with Crippen molar-refractivity contribution in [1.29, 1.82) is 0 Å². The van der Waals surface area contributed by atoms with Crippen LogP contribution in [-0.4, -0.2) is 28.6 Å². The third kappa shape index (κ3) is 6.67. The fourth-order valence-electron chi connectivity index (χ4n) is 3.16. The molecule has 0 radical (unpaired) electrons. The number of carbonyl (C=O) groups excluding carboxylic acids is 3. The first kappa shape index (κ1) is 25.3. The van der Waals surface area contributed by atoms with Crippen molar-refractivity contribution in [2.45, 2.75) is 6.54 Å². The number of amides is 3. The van der Waals surface area contributed by atoms with Gasteiger partial charge in [0.1, 0.15) is 5.75 Å². The van der Waals surface area contributed by atoms with E-state index in [1.807, 2.05) is 24.3 Å². The molecular weight excluding hydrogens is 575 g/mol. The van der Waals surface area contributed by atoms with Crippen LogP contribution in [0.3, 0.4) is 0 Å². The summed E-state index contributed by atoms with van der Waals surface area (Å²) in [6, 6.07) is 19.0. The highest BCUT2D eigenvalue weighted by Gasteiger charge is 2.35. The van der Waals surface area contributed by atoms with Crippen LogP contribution in [0, 0.1) is 0 Å². The van der Waals surface area contributed by atoms with Crippen LogP contribution in [0.5, 0.6) is 5.75 Å². The molecule has 3 aromatic rings. The van der Waals surface area contributed by atoms with E-state index in [0.717, 1.165) is 21.8 Å². The molecule has 1 saturated heterocycles. The Hall–Kier alpha value is -2.78. The monoisotopic (exact) mass is 590 g/mol. The number of ether oxygens (including phenoxy) is 1. The highest BCUT2D eigenvalue weighted by molar-refractivity contribution is 9.10. The van der Waals surface area contributed by atoms with Gasteiger partial charge in [-0.1, -0.05) is 57.3 Å². The summed E-state index contributed by atoms with van der Waals surface area (Å²) >= 11 is 16.4. The lowest BCUT2D eigenvalue weighted by Gasteiger charge is -2.12. The van der Waals surface area contributed by atoms with E-state index in [-0.39, 0.29) is 35.2 Å². The molecule has 10 heteroatoms. The maximum absolute atomic E-state index is 12.8. The Morgan fingerprint density at radius 1 is 1.03 bits per heavy atom. The van der Waals surface area contributed by atoms with Crippen LogP contribution in [0.1, 0.15) is 11.1 Å². The number of carbonyl (C=O) groups is 3. The van der Waals surface area contributed by atoms with Crippen molar-refractivity contribution in [2.24, 2.45) is 0 Å². The molecule has 6 nitrogen and oxygen atoms in total. The van der Waals surface area contributed by atoms with Gasteiger partial charge in [-0.15, -0.1) is 0 Å². The number of nitrogens with one attached hydrogen (secondary N) is 1. The first-order chi connectivity index (χ1) is 16.8. The molecule has 0 unspecified atom stereocenters. The second-order valence-corrected chi connectivity index (χ2v) is 10.2. The van der Waals surface area contributed by atoms with Gasteiger partial charge < -0.3 is 10.1 Å². The van der Waals surface area contributed by atoms with Crippen molar-refractivity contribution in [2.75, 3.05) is 11.9 Å². The van der Waals surface area contributed by atoms with E-state index >= 15 is 0 Å². The molecule has 178 valence electrons. The lowest BCUT2D eigenvalue weighted by Crippen LogP contribution is -2.27. The molecule has 0 saturated carbocycles. The largest absolute Gasteiger partial charge is 0.482 e. The average Bonchev–Trinajstić information content (AvgIpc) is 3.08. The molecule has 0 aromatic heterocycles. The number of imide groups is 1. The minimum Gasteiger partial charge on any atom is -0.482 e. The minimum absolute atomic E-state index is 0.195. The lowest BCUT2D eigenvalue weighted by atomic mass is 10.2. The Morgan fingerprint density at radius 3 is 2.43 bits per heavy atom. The van der Waals surface area contributed by atoms with Gasteiger partial charge in [0.15, 0.2) is 6.61 Å². The van der Waals surface area contributed by atoms with Gasteiger partial charge in [-0.25, -0.2) is 0 Å². The molecule has 1 N–H and O–H groups in total. The summed E-state index contributed by atoms with van der Waals surface area (Å²) in [6.07, 6.45) is 1.61. The molecule has 1 heterocycles. The van der Waals surface area contributed by atoms with Crippen molar-refractivity contribution in [3.63, 3.8) is 0 Å². The fourth-order valence-corrected chi connectivity index (χ4v) is 4.63. The predicted octanol–water partition coefficient (Wildman–Crippen LogP) is 7.01. The molecule has 1 aliphatic rings. The molecule has 0 bridgehead atoms. The van der Waals surface area contributed by atoms with Crippen molar-refractivity contribution >= 4 is 79.7 Å². The predicted molar refractivity (Wildman–Crippen MR) is 143 cm³/mol. The molecule has 35 heavy (non-hydrogen) atoms. The second-order valence-electron chi connectivity index (χ2n) is 7.43. The van der Waals surface area contributed by atoms with E-state index in [9.17, 15) is 14.4 Å². The zero-order chi connectivity index (χ0) is 24.9. The highest BCUT2D eigenvalue weighted by Crippen LogP contribution is 2.34. The van der Waals surface area contributed by atoms with Crippen LogP contribution in [0.25, 0.3) is 6.08 Å². The van der Waals surface area contributed by atoms with Gasteiger partial charge in [-0.3, -0.25) is 19.3 Å². The number of benzene rings is 3. The third-order valence-electron chi connectivity index (χ3n) is 4.87. The zero-order valence-electron chi connectivity index (χ0n) is 18.0. The number of hydrogen-bond donors (Lipinski definition) is 1. The normalized spacial score (nSPS) is 14.5. The molecule has 3 amide bonds. The molecule has 4 rings (SSSR count). The van der Waals surface area contributed by atoms with Gasteiger partial charge in [0.25, 0.3) is 17.1 Å². The number of hydrogen-bond acceptors (Lipinski definition) is 5. The van der Waals surface area contributed by atoms with Crippen molar-refractivity contribution < 1.29 is 19.1 Å². The van der Waals surface area contributed by atoms with Crippen LogP contribution in [0.2, 0.25) is 10.0 Å². The number of rotatable bonds is 7. The van der Waals surface area contributed by atoms with Gasteiger partial charge >= 0.3 is 0 Å². The molecule has 0 spiro atoms. The first-order valence-electron chi connectivity index (χ1n) is 10.3. The molecule has 1 fully saturated rings. The summed E-state index contributed by atoms with van der Waals surface area (Å²) in [5.74, 6) is -0.399. The van der Waals surface area contributed by atoms with Crippen LogP contribution < -0.4 is 10.1 Å². The average molecular weight is 592 g/mol. The molecule has 3 aromatic carbocycles. The summed E-state index contributed by atoms with van der Waals surface area (Å²) in [4.78, 5) is 38.8. The van der Waals surface area contributed by atoms with E-state index in [4.69, 9.17) is 27.9 Å². The van der Waals surface area contributed by atoms with Gasteiger partial charge in [0, 0.05) is 15.2 Å². The zero-order valence-corrected chi connectivity index (χ0v) is 21.9. The standard InChI is InChI=1S/C25H17BrCl2N2O4S/c26-17-4-1-15(2-5-17)13-30-24(32)22(35-25(30)33)12-16-3-10-21(20(28)11-16)34-14-23(31)29-19-8-6-18(27)7-9-19/h1-12H,13-14H2,(H,29,31)/b22-12-. The van der Waals surface area contributed by atoms with E-state index in [0.29, 0.717) is 26.9 Å². The van der Waals surface area contributed by atoms with Gasteiger partial charge in [-0.2, -0.15) is 0 Å². The Morgan fingerprint density at radius 2 is 1.74 bits per heavy atom. The maximum atomic E-state index is 12.8. The third-order valence-corrected chi connectivity index (χ3v) is 6.85. The lowest BCUT2D eigenvalue weighted by molar-refractivity contribution is -0.123.